The quantitative estimate of drug-likeness (QED) is 0.272. The van der Waals surface area contributed by atoms with Crippen LogP contribution in [0.5, 0.6) is 0 Å². The van der Waals surface area contributed by atoms with Gasteiger partial charge in [-0.2, -0.15) is 0 Å². The normalized spacial score (nSPS) is 48.8. The lowest BCUT2D eigenvalue weighted by Crippen LogP contribution is -2.34. The summed E-state index contributed by atoms with van der Waals surface area (Å²) in [6.07, 6.45) is 6.57. The van der Waals surface area contributed by atoms with Gasteiger partial charge in [0.1, 0.15) is 6.10 Å². The second kappa shape index (κ2) is 2.04. The van der Waals surface area contributed by atoms with Crippen molar-refractivity contribution in [3.63, 3.8) is 0 Å². The summed E-state index contributed by atoms with van der Waals surface area (Å²) in [4.78, 5) is 11.1. The molecule has 2 fully saturated rings. The highest BCUT2D eigenvalue weighted by Crippen LogP contribution is 2.56. The van der Waals surface area contributed by atoms with E-state index in [1.807, 2.05) is 6.08 Å². The first-order chi connectivity index (χ1) is 6.25. The molecule has 3 heteroatoms. The van der Waals surface area contributed by atoms with E-state index in [1.54, 1.807) is 0 Å². The zero-order chi connectivity index (χ0) is 9.05. The summed E-state index contributed by atoms with van der Waals surface area (Å²) in [5.74, 6) is 0.101. The first-order valence-electron chi connectivity index (χ1n) is 4.45. The Morgan fingerprint density at radius 1 is 1.77 bits per heavy atom. The molecule has 3 nitrogen and oxygen atoms in total. The van der Waals surface area contributed by atoms with Crippen LogP contribution in [0.25, 0.3) is 0 Å². The number of hydrogen-bond donors (Lipinski definition) is 0. The van der Waals surface area contributed by atoms with Crippen molar-refractivity contribution in [1.82, 2.24) is 0 Å². The molecule has 2 bridgehead atoms. The molecule has 13 heavy (non-hydrogen) atoms. The second-order valence-corrected chi connectivity index (χ2v) is 3.83. The summed E-state index contributed by atoms with van der Waals surface area (Å²) in [5.41, 5.74) is -0.458. The number of carbonyl (C=O) groups is 1. The van der Waals surface area contributed by atoms with Gasteiger partial charge >= 0.3 is 5.97 Å². The van der Waals surface area contributed by atoms with E-state index in [4.69, 9.17) is 9.47 Å². The number of hydrogen-bond acceptors (Lipinski definition) is 3. The van der Waals surface area contributed by atoms with E-state index in [0.29, 0.717) is 12.0 Å². The Morgan fingerprint density at radius 3 is 3.23 bits per heavy atom. The van der Waals surface area contributed by atoms with E-state index in [-0.39, 0.29) is 12.1 Å². The SMILES string of the molecule is C=CC(=O)OC12C=CC(C1)C1OC12. The molecule has 1 aliphatic heterocycles. The molecule has 1 saturated heterocycles. The predicted molar refractivity (Wildman–Crippen MR) is 44.9 cm³/mol. The number of rotatable bonds is 2. The van der Waals surface area contributed by atoms with Crippen molar-refractivity contribution in [3.05, 3.63) is 24.8 Å². The van der Waals surface area contributed by atoms with E-state index < -0.39 is 5.60 Å². The molecule has 0 aromatic carbocycles. The van der Waals surface area contributed by atoms with E-state index in [9.17, 15) is 4.79 Å². The van der Waals surface area contributed by atoms with Crippen molar-refractivity contribution in [2.24, 2.45) is 5.92 Å². The first-order valence-corrected chi connectivity index (χ1v) is 4.45. The lowest BCUT2D eigenvalue weighted by molar-refractivity contribution is -0.150. The average molecular weight is 178 g/mol. The van der Waals surface area contributed by atoms with Gasteiger partial charge in [0.2, 0.25) is 0 Å². The van der Waals surface area contributed by atoms with Gasteiger partial charge in [0.15, 0.2) is 5.60 Å². The molecular weight excluding hydrogens is 168 g/mol. The van der Waals surface area contributed by atoms with Crippen molar-refractivity contribution in [2.45, 2.75) is 24.2 Å². The van der Waals surface area contributed by atoms with Crippen LogP contribution in [-0.2, 0) is 14.3 Å². The van der Waals surface area contributed by atoms with E-state index in [0.717, 1.165) is 6.42 Å². The van der Waals surface area contributed by atoms with Crippen LogP contribution in [0.4, 0.5) is 0 Å². The summed E-state index contributed by atoms with van der Waals surface area (Å²) in [6.45, 7) is 3.38. The van der Waals surface area contributed by atoms with E-state index >= 15 is 0 Å². The maximum Gasteiger partial charge on any atom is 0.331 e. The minimum atomic E-state index is -0.458. The summed E-state index contributed by atoms with van der Waals surface area (Å²) < 4.78 is 10.7. The van der Waals surface area contributed by atoms with Gasteiger partial charge in [0, 0.05) is 18.4 Å². The Kier molecular flexibility index (Phi) is 1.15. The molecule has 0 amide bonds. The lowest BCUT2D eigenvalue weighted by Gasteiger charge is -2.23. The highest BCUT2D eigenvalue weighted by Gasteiger charge is 2.68. The van der Waals surface area contributed by atoms with E-state index in [2.05, 4.69) is 12.7 Å². The highest BCUT2D eigenvalue weighted by molar-refractivity contribution is 5.82. The van der Waals surface area contributed by atoms with Gasteiger partial charge < -0.3 is 9.47 Å². The molecule has 4 unspecified atom stereocenters. The number of epoxide rings is 1. The third-order valence-electron chi connectivity index (χ3n) is 3.07. The van der Waals surface area contributed by atoms with Crippen LogP contribution in [0.2, 0.25) is 0 Å². The van der Waals surface area contributed by atoms with Crippen LogP contribution in [0.3, 0.4) is 0 Å². The van der Waals surface area contributed by atoms with Crippen molar-refractivity contribution >= 4 is 5.97 Å². The molecule has 4 atom stereocenters. The Bertz CT molecular complexity index is 320. The number of esters is 1. The van der Waals surface area contributed by atoms with Gasteiger partial charge in [-0.25, -0.2) is 4.79 Å². The minimum absolute atomic E-state index is 0.117. The van der Waals surface area contributed by atoms with Crippen LogP contribution in [0.1, 0.15) is 6.42 Å². The molecule has 68 valence electrons. The molecule has 3 rings (SSSR count). The Labute approximate surface area is 76.0 Å². The molecule has 2 aliphatic carbocycles. The third-order valence-corrected chi connectivity index (χ3v) is 3.07. The molecule has 3 aliphatic rings. The number of carbonyl (C=O) groups excluding carboxylic acids is 1. The van der Waals surface area contributed by atoms with Crippen molar-refractivity contribution in [2.75, 3.05) is 0 Å². The van der Waals surface area contributed by atoms with Crippen LogP contribution >= 0.6 is 0 Å². The van der Waals surface area contributed by atoms with Gasteiger partial charge in [-0.1, -0.05) is 12.7 Å². The zero-order valence-electron chi connectivity index (χ0n) is 7.10. The molecule has 1 saturated carbocycles. The largest absolute Gasteiger partial charge is 0.449 e. The van der Waals surface area contributed by atoms with Crippen LogP contribution in [0.15, 0.2) is 24.8 Å². The molecule has 0 aromatic heterocycles. The second-order valence-electron chi connectivity index (χ2n) is 3.83. The maximum absolute atomic E-state index is 11.1. The minimum Gasteiger partial charge on any atom is -0.449 e. The average Bonchev–Trinajstić information content (AvgIpc) is 2.79. The Balaban J connectivity index is 1.85. The van der Waals surface area contributed by atoms with Gasteiger partial charge in [-0.15, -0.1) is 0 Å². The number of ether oxygens (including phenoxy) is 2. The molecular formula is C10H10O3. The van der Waals surface area contributed by atoms with Crippen molar-refractivity contribution in [1.29, 1.82) is 0 Å². The molecule has 0 spiro atoms. The fourth-order valence-corrected chi connectivity index (χ4v) is 2.43. The standard InChI is InChI=1S/C10H10O3/c1-2-7(11)13-10-4-3-6(5-10)8-9(10)12-8/h2-4,6,8-9H,1,5H2. The van der Waals surface area contributed by atoms with Gasteiger partial charge in [-0.05, 0) is 6.08 Å². The van der Waals surface area contributed by atoms with Crippen LogP contribution in [0, 0.1) is 5.92 Å². The summed E-state index contributed by atoms with van der Waals surface area (Å²) in [5, 5.41) is 0. The van der Waals surface area contributed by atoms with Gasteiger partial charge in [-0.3, -0.25) is 0 Å². The van der Waals surface area contributed by atoms with Gasteiger partial charge in [0.25, 0.3) is 0 Å². The summed E-state index contributed by atoms with van der Waals surface area (Å²) in [7, 11) is 0. The van der Waals surface area contributed by atoms with Crippen LogP contribution < -0.4 is 0 Å². The molecule has 0 N–H and O–H groups in total. The molecule has 0 aromatic rings. The fourth-order valence-electron chi connectivity index (χ4n) is 2.43. The van der Waals surface area contributed by atoms with Crippen molar-refractivity contribution in [3.8, 4) is 0 Å². The highest BCUT2D eigenvalue weighted by atomic mass is 16.6. The smallest absolute Gasteiger partial charge is 0.331 e. The zero-order valence-corrected chi connectivity index (χ0v) is 7.10. The van der Waals surface area contributed by atoms with Crippen LogP contribution in [-0.4, -0.2) is 23.8 Å². The first kappa shape index (κ1) is 7.33. The third kappa shape index (κ3) is 0.800. The molecule has 1 heterocycles. The summed E-state index contributed by atoms with van der Waals surface area (Å²) >= 11 is 0. The van der Waals surface area contributed by atoms with Crippen molar-refractivity contribution < 1.29 is 14.3 Å². The Morgan fingerprint density at radius 2 is 2.62 bits per heavy atom. The lowest BCUT2D eigenvalue weighted by atomic mass is 10.0. The predicted octanol–water partition coefficient (Wildman–Crippen LogP) is 0.811. The Hall–Kier alpha value is -1.09. The van der Waals surface area contributed by atoms with Gasteiger partial charge in [0.05, 0.1) is 6.10 Å². The maximum atomic E-state index is 11.1. The summed E-state index contributed by atoms with van der Waals surface area (Å²) in [6, 6.07) is 0. The number of fused-ring (bicyclic) bond motifs is 5. The molecule has 0 radical (unpaired) electrons. The fraction of sp³-hybridized carbons (Fsp3) is 0.500. The topological polar surface area (TPSA) is 38.8 Å². The van der Waals surface area contributed by atoms with E-state index in [1.165, 1.54) is 6.08 Å². The monoisotopic (exact) mass is 178 g/mol.